The van der Waals surface area contributed by atoms with Gasteiger partial charge in [-0.25, -0.2) is 13.8 Å². The van der Waals surface area contributed by atoms with E-state index in [2.05, 4.69) is 24.1 Å². The van der Waals surface area contributed by atoms with Crippen molar-refractivity contribution in [2.45, 2.75) is 33.4 Å². The van der Waals surface area contributed by atoms with Crippen molar-refractivity contribution in [1.82, 2.24) is 10.3 Å². The number of aryl methyl sites for hydroxylation is 1. The Morgan fingerprint density at radius 1 is 1.14 bits per heavy atom. The molecule has 1 heterocycles. The van der Waals surface area contributed by atoms with Crippen LogP contribution in [0.3, 0.4) is 0 Å². The molecule has 0 aliphatic heterocycles. The number of ether oxygens (including phenoxy) is 1. The van der Waals surface area contributed by atoms with E-state index in [4.69, 9.17) is 4.74 Å². The number of halogens is 2. The second-order valence-corrected chi connectivity index (χ2v) is 5.17. The standard InChI is InChI=1S/C16H18F2N2O/c1-10(2)19-9-12-6-11(3)20-16(7-12)21-13-4-5-14(17)15(18)8-13/h4-8,10,19H,9H2,1-3H3. The van der Waals surface area contributed by atoms with E-state index in [-0.39, 0.29) is 5.75 Å². The van der Waals surface area contributed by atoms with Crippen molar-refractivity contribution in [1.29, 1.82) is 0 Å². The zero-order valence-electron chi connectivity index (χ0n) is 12.3. The molecule has 5 heteroatoms. The molecule has 3 nitrogen and oxygen atoms in total. The van der Waals surface area contributed by atoms with E-state index in [9.17, 15) is 8.78 Å². The largest absolute Gasteiger partial charge is 0.439 e. The van der Waals surface area contributed by atoms with E-state index >= 15 is 0 Å². The Hall–Kier alpha value is -2.01. The molecule has 0 aliphatic carbocycles. The molecule has 0 aliphatic rings. The molecule has 1 aromatic heterocycles. The molecule has 0 amide bonds. The summed E-state index contributed by atoms with van der Waals surface area (Å²) in [6, 6.07) is 7.51. The molecule has 21 heavy (non-hydrogen) atoms. The number of hydrogen-bond acceptors (Lipinski definition) is 3. The average molecular weight is 292 g/mol. The highest BCUT2D eigenvalue weighted by atomic mass is 19.2. The number of benzene rings is 1. The molecule has 1 aromatic carbocycles. The number of rotatable bonds is 5. The fourth-order valence-corrected chi connectivity index (χ4v) is 1.84. The fraction of sp³-hybridized carbons (Fsp3) is 0.312. The highest BCUT2D eigenvalue weighted by molar-refractivity contribution is 5.31. The van der Waals surface area contributed by atoms with Gasteiger partial charge in [-0.3, -0.25) is 0 Å². The van der Waals surface area contributed by atoms with Crippen LogP contribution < -0.4 is 10.1 Å². The maximum absolute atomic E-state index is 13.2. The molecule has 112 valence electrons. The first-order chi connectivity index (χ1) is 9.94. The van der Waals surface area contributed by atoms with E-state index in [1.807, 2.05) is 13.0 Å². The first-order valence-corrected chi connectivity index (χ1v) is 6.78. The maximum Gasteiger partial charge on any atom is 0.219 e. The molecule has 0 atom stereocenters. The lowest BCUT2D eigenvalue weighted by molar-refractivity contribution is 0.445. The quantitative estimate of drug-likeness (QED) is 0.905. The summed E-state index contributed by atoms with van der Waals surface area (Å²) < 4.78 is 31.5. The second-order valence-electron chi connectivity index (χ2n) is 5.17. The van der Waals surface area contributed by atoms with Gasteiger partial charge in [0.2, 0.25) is 5.88 Å². The summed E-state index contributed by atoms with van der Waals surface area (Å²) in [5, 5.41) is 3.30. The first-order valence-electron chi connectivity index (χ1n) is 6.78. The Morgan fingerprint density at radius 3 is 2.57 bits per heavy atom. The lowest BCUT2D eigenvalue weighted by atomic mass is 10.2. The third-order valence-electron chi connectivity index (χ3n) is 2.82. The van der Waals surface area contributed by atoms with Gasteiger partial charge in [-0.15, -0.1) is 0 Å². The van der Waals surface area contributed by atoms with Gasteiger partial charge in [0.1, 0.15) is 5.75 Å². The zero-order valence-corrected chi connectivity index (χ0v) is 12.3. The second kappa shape index (κ2) is 6.63. The lowest BCUT2D eigenvalue weighted by Gasteiger charge is -2.11. The van der Waals surface area contributed by atoms with E-state index in [0.29, 0.717) is 18.5 Å². The van der Waals surface area contributed by atoms with Crippen molar-refractivity contribution in [3.63, 3.8) is 0 Å². The molecule has 2 aromatic rings. The third-order valence-corrected chi connectivity index (χ3v) is 2.82. The van der Waals surface area contributed by atoms with Crippen LogP contribution in [0.15, 0.2) is 30.3 Å². The molecule has 0 unspecified atom stereocenters. The number of nitrogens with zero attached hydrogens (tertiary/aromatic N) is 1. The van der Waals surface area contributed by atoms with Gasteiger partial charge in [0.15, 0.2) is 11.6 Å². The van der Waals surface area contributed by atoms with Crippen LogP contribution in [0.1, 0.15) is 25.1 Å². The summed E-state index contributed by atoms with van der Waals surface area (Å²) >= 11 is 0. The molecule has 0 radical (unpaired) electrons. The summed E-state index contributed by atoms with van der Waals surface area (Å²) in [4.78, 5) is 4.24. The van der Waals surface area contributed by atoms with Gasteiger partial charge < -0.3 is 10.1 Å². The fourth-order valence-electron chi connectivity index (χ4n) is 1.84. The summed E-state index contributed by atoms with van der Waals surface area (Å²) in [5.41, 5.74) is 1.82. The van der Waals surface area contributed by atoms with Crippen LogP contribution in [0.5, 0.6) is 11.6 Å². The monoisotopic (exact) mass is 292 g/mol. The minimum Gasteiger partial charge on any atom is -0.439 e. The summed E-state index contributed by atoms with van der Waals surface area (Å²) in [6.07, 6.45) is 0. The molecule has 0 bridgehead atoms. The van der Waals surface area contributed by atoms with E-state index in [1.54, 1.807) is 6.07 Å². The Morgan fingerprint density at radius 2 is 1.90 bits per heavy atom. The molecule has 0 saturated heterocycles. The molecular weight excluding hydrogens is 274 g/mol. The third kappa shape index (κ3) is 4.49. The van der Waals surface area contributed by atoms with E-state index in [1.165, 1.54) is 6.07 Å². The van der Waals surface area contributed by atoms with Crippen molar-refractivity contribution < 1.29 is 13.5 Å². The van der Waals surface area contributed by atoms with Gasteiger partial charge >= 0.3 is 0 Å². The summed E-state index contributed by atoms with van der Waals surface area (Å²) in [5.74, 6) is -1.26. The Bertz CT molecular complexity index is 630. The van der Waals surface area contributed by atoms with Crippen LogP contribution in [0.4, 0.5) is 8.78 Å². The first kappa shape index (κ1) is 15.4. The van der Waals surface area contributed by atoms with E-state index in [0.717, 1.165) is 23.4 Å². The van der Waals surface area contributed by atoms with Crippen LogP contribution in [-0.4, -0.2) is 11.0 Å². The highest BCUT2D eigenvalue weighted by Gasteiger charge is 2.07. The number of hydrogen-bond donors (Lipinski definition) is 1. The van der Waals surface area contributed by atoms with Crippen LogP contribution >= 0.6 is 0 Å². The molecule has 0 fully saturated rings. The van der Waals surface area contributed by atoms with Crippen molar-refractivity contribution in [2.24, 2.45) is 0 Å². The molecule has 0 saturated carbocycles. The Balaban J connectivity index is 2.17. The molecule has 0 spiro atoms. The van der Waals surface area contributed by atoms with Crippen molar-refractivity contribution in [2.75, 3.05) is 0 Å². The number of pyridine rings is 1. The van der Waals surface area contributed by atoms with Crippen LogP contribution in [0, 0.1) is 18.6 Å². The highest BCUT2D eigenvalue weighted by Crippen LogP contribution is 2.23. The predicted molar refractivity (Wildman–Crippen MR) is 77.4 cm³/mol. The maximum atomic E-state index is 13.2. The predicted octanol–water partition coefficient (Wildman–Crippen LogP) is 3.96. The SMILES string of the molecule is Cc1cc(CNC(C)C)cc(Oc2ccc(F)c(F)c2)n1. The van der Waals surface area contributed by atoms with Crippen molar-refractivity contribution >= 4 is 0 Å². The summed E-state index contributed by atoms with van der Waals surface area (Å²) in [7, 11) is 0. The lowest BCUT2D eigenvalue weighted by Crippen LogP contribution is -2.21. The molecule has 1 N–H and O–H groups in total. The van der Waals surface area contributed by atoms with Gasteiger partial charge in [-0.2, -0.15) is 0 Å². The van der Waals surface area contributed by atoms with E-state index < -0.39 is 11.6 Å². The summed E-state index contributed by atoms with van der Waals surface area (Å²) in [6.45, 7) is 6.67. The van der Waals surface area contributed by atoms with Gasteiger partial charge in [0, 0.05) is 30.4 Å². The normalized spacial score (nSPS) is 11.0. The van der Waals surface area contributed by atoms with Crippen LogP contribution in [0.25, 0.3) is 0 Å². The van der Waals surface area contributed by atoms with Gasteiger partial charge in [0.25, 0.3) is 0 Å². The molecular formula is C16H18F2N2O. The van der Waals surface area contributed by atoms with Crippen molar-refractivity contribution in [3.8, 4) is 11.6 Å². The minimum absolute atomic E-state index is 0.217. The van der Waals surface area contributed by atoms with Gasteiger partial charge in [-0.1, -0.05) is 13.8 Å². The minimum atomic E-state index is -0.943. The van der Waals surface area contributed by atoms with Gasteiger partial charge in [-0.05, 0) is 30.7 Å². The zero-order chi connectivity index (χ0) is 15.4. The number of nitrogens with one attached hydrogen (secondary N) is 1. The topological polar surface area (TPSA) is 34.1 Å². The Labute approximate surface area is 123 Å². The average Bonchev–Trinajstić information content (AvgIpc) is 2.40. The van der Waals surface area contributed by atoms with Crippen LogP contribution in [0.2, 0.25) is 0 Å². The van der Waals surface area contributed by atoms with Gasteiger partial charge in [0.05, 0.1) is 0 Å². The smallest absolute Gasteiger partial charge is 0.219 e. The number of aromatic nitrogens is 1. The van der Waals surface area contributed by atoms with Crippen LogP contribution in [-0.2, 0) is 6.54 Å². The van der Waals surface area contributed by atoms with Crippen molar-refractivity contribution in [3.05, 3.63) is 53.2 Å². The Kier molecular flexibility index (Phi) is 4.85. The molecule has 2 rings (SSSR count).